The van der Waals surface area contributed by atoms with Crippen LogP contribution in [-0.2, 0) is 4.74 Å². The van der Waals surface area contributed by atoms with Gasteiger partial charge in [0.25, 0.3) is 0 Å². The van der Waals surface area contributed by atoms with Crippen molar-refractivity contribution in [1.29, 1.82) is 5.41 Å². The number of hydrogen-bond donors (Lipinski definition) is 1. The number of benzene rings is 2. The zero-order valence-electron chi connectivity index (χ0n) is 15.8. The van der Waals surface area contributed by atoms with Gasteiger partial charge in [0.05, 0.1) is 6.61 Å². The summed E-state index contributed by atoms with van der Waals surface area (Å²) in [4.78, 5) is 0. The van der Waals surface area contributed by atoms with Crippen molar-refractivity contribution in [3.8, 4) is 11.1 Å². The maximum absolute atomic E-state index is 8.20. The van der Waals surface area contributed by atoms with E-state index in [-0.39, 0.29) is 11.3 Å². The minimum Gasteiger partial charge on any atom is -0.477 e. The van der Waals surface area contributed by atoms with Crippen LogP contribution in [0.3, 0.4) is 0 Å². The van der Waals surface area contributed by atoms with Crippen molar-refractivity contribution in [2.45, 2.75) is 27.2 Å². The summed E-state index contributed by atoms with van der Waals surface area (Å²) in [7, 11) is 0. The van der Waals surface area contributed by atoms with Crippen molar-refractivity contribution in [2.24, 2.45) is 11.3 Å². The standard InChI is InChI=1S/C24H27NO/c1-24(2,3)22-15-9-18(10-16-22)17-26-23(25)21-13-11-20(12-14-21)19-7-5-4-6-8-19/h4-9,11-16,18,25H,10,17H2,1-3H3. The molecule has 1 atom stereocenters. The highest BCUT2D eigenvalue weighted by molar-refractivity contribution is 5.92. The molecule has 1 unspecified atom stereocenters. The quantitative estimate of drug-likeness (QED) is 0.516. The summed E-state index contributed by atoms with van der Waals surface area (Å²) in [5, 5.41) is 8.20. The first-order chi connectivity index (χ1) is 12.4. The van der Waals surface area contributed by atoms with E-state index in [0.29, 0.717) is 12.5 Å². The Morgan fingerprint density at radius 1 is 1.00 bits per heavy atom. The average molecular weight is 345 g/mol. The van der Waals surface area contributed by atoms with Crippen LogP contribution in [-0.4, -0.2) is 12.5 Å². The molecule has 0 aliphatic heterocycles. The average Bonchev–Trinajstić information content (AvgIpc) is 2.66. The van der Waals surface area contributed by atoms with E-state index in [1.54, 1.807) is 0 Å². The minimum absolute atomic E-state index is 0.190. The highest BCUT2D eigenvalue weighted by Gasteiger charge is 2.19. The van der Waals surface area contributed by atoms with E-state index < -0.39 is 0 Å². The molecule has 2 aromatic carbocycles. The molecule has 0 spiro atoms. The van der Waals surface area contributed by atoms with Gasteiger partial charge in [-0.3, -0.25) is 5.41 Å². The topological polar surface area (TPSA) is 33.1 Å². The first-order valence-corrected chi connectivity index (χ1v) is 9.19. The molecule has 0 bridgehead atoms. The molecule has 1 N–H and O–H groups in total. The lowest BCUT2D eigenvalue weighted by Crippen LogP contribution is -2.16. The predicted molar refractivity (Wildman–Crippen MR) is 109 cm³/mol. The van der Waals surface area contributed by atoms with Crippen LogP contribution >= 0.6 is 0 Å². The van der Waals surface area contributed by atoms with Crippen LogP contribution in [0.25, 0.3) is 11.1 Å². The number of allylic oxidation sites excluding steroid dienone is 3. The monoisotopic (exact) mass is 345 g/mol. The zero-order chi connectivity index (χ0) is 18.6. The van der Waals surface area contributed by atoms with E-state index in [1.807, 2.05) is 42.5 Å². The molecule has 134 valence electrons. The Hall–Kier alpha value is -2.61. The Kier molecular flexibility index (Phi) is 5.41. The van der Waals surface area contributed by atoms with E-state index in [9.17, 15) is 0 Å². The summed E-state index contributed by atoms with van der Waals surface area (Å²) in [6, 6.07) is 18.3. The van der Waals surface area contributed by atoms with E-state index in [4.69, 9.17) is 10.1 Å². The zero-order valence-corrected chi connectivity index (χ0v) is 15.8. The third-order valence-corrected chi connectivity index (χ3v) is 4.75. The Morgan fingerprint density at radius 3 is 2.23 bits per heavy atom. The SMILES string of the molecule is CC(C)(C)C1=CCC(COC(=N)c2ccc(-c3ccccc3)cc2)C=C1. The molecule has 2 aromatic rings. The molecule has 0 aromatic heterocycles. The van der Waals surface area contributed by atoms with Gasteiger partial charge in [0.1, 0.15) is 0 Å². The van der Waals surface area contributed by atoms with Gasteiger partial charge in [-0.25, -0.2) is 0 Å². The Labute approximate surface area is 156 Å². The third-order valence-electron chi connectivity index (χ3n) is 4.75. The van der Waals surface area contributed by atoms with Gasteiger partial charge in [0, 0.05) is 11.5 Å². The maximum Gasteiger partial charge on any atom is 0.213 e. The van der Waals surface area contributed by atoms with Crippen LogP contribution in [0.5, 0.6) is 0 Å². The molecular weight excluding hydrogens is 318 g/mol. The van der Waals surface area contributed by atoms with Crippen LogP contribution < -0.4 is 0 Å². The van der Waals surface area contributed by atoms with Gasteiger partial charge < -0.3 is 4.74 Å². The third kappa shape index (κ3) is 4.51. The molecule has 0 heterocycles. The second-order valence-electron chi connectivity index (χ2n) is 7.85. The lowest BCUT2D eigenvalue weighted by atomic mass is 9.82. The molecular formula is C24H27NO. The van der Waals surface area contributed by atoms with Crippen molar-refractivity contribution in [3.63, 3.8) is 0 Å². The maximum atomic E-state index is 8.20. The molecule has 0 radical (unpaired) electrons. The van der Waals surface area contributed by atoms with Gasteiger partial charge in [0.15, 0.2) is 0 Å². The van der Waals surface area contributed by atoms with Gasteiger partial charge in [-0.05, 0) is 40.7 Å². The number of hydrogen-bond acceptors (Lipinski definition) is 2. The molecule has 2 nitrogen and oxygen atoms in total. The number of nitrogens with one attached hydrogen (secondary N) is 1. The first-order valence-electron chi connectivity index (χ1n) is 9.19. The summed E-state index contributed by atoms with van der Waals surface area (Å²) >= 11 is 0. The summed E-state index contributed by atoms with van der Waals surface area (Å²) in [5.74, 6) is 0.577. The summed E-state index contributed by atoms with van der Waals surface area (Å²) < 4.78 is 5.74. The van der Waals surface area contributed by atoms with Crippen molar-refractivity contribution in [2.75, 3.05) is 6.61 Å². The van der Waals surface area contributed by atoms with Crippen LogP contribution in [0.2, 0.25) is 0 Å². The molecule has 26 heavy (non-hydrogen) atoms. The predicted octanol–water partition coefficient (Wildman–Crippen LogP) is 6.24. The summed E-state index contributed by atoms with van der Waals surface area (Å²) in [5.41, 5.74) is 4.71. The summed E-state index contributed by atoms with van der Waals surface area (Å²) in [6.07, 6.45) is 7.69. The lowest BCUT2D eigenvalue weighted by molar-refractivity contribution is 0.261. The number of rotatable bonds is 4. The van der Waals surface area contributed by atoms with E-state index in [1.165, 1.54) is 11.1 Å². The molecule has 2 heteroatoms. The van der Waals surface area contributed by atoms with Crippen LogP contribution in [0, 0.1) is 16.7 Å². The minimum atomic E-state index is 0.190. The van der Waals surface area contributed by atoms with Gasteiger partial charge >= 0.3 is 0 Å². The lowest BCUT2D eigenvalue weighted by Gasteiger charge is -2.25. The van der Waals surface area contributed by atoms with Crippen molar-refractivity contribution >= 4 is 5.90 Å². The normalized spacial score (nSPS) is 16.9. The molecule has 1 aliphatic rings. The van der Waals surface area contributed by atoms with Crippen LogP contribution in [0.4, 0.5) is 0 Å². The molecule has 0 saturated carbocycles. The second kappa shape index (κ2) is 7.74. The fraction of sp³-hybridized carbons (Fsp3) is 0.292. The Morgan fingerprint density at radius 2 is 1.65 bits per heavy atom. The smallest absolute Gasteiger partial charge is 0.213 e. The molecule has 0 amide bonds. The van der Waals surface area contributed by atoms with Gasteiger partial charge in [0.2, 0.25) is 5.90 Å². The van der Waals surface area contributed by atoms with Crippen LogP contribution in [0.15, 0.2) is 78.4 Å². The summed E-state index contributed by atoms with van der Waals surface area (Å²) in [6.45, 7) is 7.24. The highest BCUT2D eigenvalue weighted by Crippen LogP contribution is 2.31. The molecule has 0 saturated heterocycles. The van der Waals surface area contributed by atoms with E-state index in [0.717, 1.165) is 17.5 Å². The highest BCUT2D eigenvalue weighted by atomic mass is 16.5. The molecule has 3 rings (SSSR count). The van der Waals surface area contributed by atoms with Gasteiger partial charge in [-0.1, -0.05) is 81.5 Å². The van der Waals surface area contributed by atoms with Crippen molar-refractivity contribution in [1.82, 2.24) is 0 Å². The van der Waals surface area contributed by atoms with Crippen molar-refractivity contribution < 1.29 is 4.74 Å². The molecule has 0 fully saturated rings. The largest absolute Gasteiger partial charge is 0.477 e. The second-order valence-corrected chi connectivity index (χ2v) is 7.85. The Balaban J connectivity index is 1.55. The fourth-order valence-electron chi connectivity index (χ4n) is 3.06. The Bertz CT molecular complexity index is 808. The van der Waals surface area contributed by atoms with E-state index >= 15 is 0 Å². The van der Waals surface area contributed by atoms with Gasteiger partial charge in [-0.2, -0.15) is 0 Å². The number of ether oxygens (including phenoxy) is 1. The molecule has 1 aliphatic carbocycles. The fourth-order valence-corrected chi connectivity index (χ4v) is 3.06. The van der Waals surface area contributed by atoms with Crippen LogP contribution in [0.1, 0.15) is 32.8 Å². The first kappa shape index (κ1) is 18.2. The van der Waals surface area contributed by atoms with E-state index in [2.05, 4.69) is 51.1 Å². The van der Waals surface area contributed by atoms with Crippen molar-refractivity contribution in [3.05, 3.63) is 84.0 Å². The van der Waals surface area contributed by atoms with Gasteiger partial charge in [-0.15, -0.1) is 0 Å².